The molecule has 4 aromatic carbocycles. The summed E-state index contributed by atoms with van der Waals surface area (Å²) in [7, 11) is -2.20. The summed E-state index contributed by atoms with van der Waals surface area (Å²) >= 11 is 3.41. The van der Waals surface area contributed by atoms with Crippen LogP contribution < -0.4 is 43.9 Å². The number of nitrogens with two attached hydrogens (primary N) is 4. The van der Waals surface area contributed by atoms with Gasteiger partial charge in [0.05, 0.1) is 12.7 Å². The van der Waals surface area contributed by atoms with Gasteiger partial charge in [0.2, 0.25) is 11.8 Å². The van der Waals surface area contributed by atoms with Gasteiger partial charge in [-0.2, -0.15) is 0 Å². The van der Waals surface area contributed by atoms with Gasteiger partial charge >= 0.3 is 11.9 Å². The van der Waals surface area contributed by atoms with Crippen LogP contribution in [-0.2, 0) is 51.9 Å². The number of thiophene rings is 2. The second-order valence-electron chi connectivity index (χ2n) is 19.3. The highest BCUT2D eigenvalue weighted by Gasteiger charge is 2.55. The average molecular weight is 985 g/mol. The predicted octanol–water partition coefficient (Wildman–Crippen LogP) is 6.90. The lowest BCUT2D eigenvalue weighted by atomic mass is 9.62. The summed E-state index contributed by atoms with van der Waals surface area (Å²) < 4.78 is 13.4. The van der Waals surface area contributed by atoms with Crippen molar-refractivity contribution in [1.82, 2.24) is 0 Å². The van der Waals surface area contributed by atoms with Crippen LogP contribution in [0, 0.1) is 0 Å². The summed E-state index contributed by atoms with van der Waals surface area (Å²) in [6.45, 7) is 11.5. The molecule has 6 aromatic rings. The van der Waals surface area contributed by atoms with Gasteiger partial charge in [0.1, 0.15) is 31.4 Å². The van der Waals surface area contributed by atoms with E-state index in [1.54, 1.807) is 22.7 Å². The normalized spacial score (nSPS) is 21.3. The SMILES string of the molecule is CC1OC2(c3ccc(N)cc3C(C)(C)c3cc(NC(=O)CC[C@H](N)C(=O)O)ccc32)c2ccsc21.C[Si]1(C)c2cc(N)ccc2C2(OCc3sccc32)c2ccc(NC(=O)CC[C@H](N)C(=O)O)cc21. The maximum absolute atomic E-state index is 12.5. The van der Waals surface area contributed by atoms with E-state index in [2.05, 4.69) is 97.7 Å². The number of ether oxygens (including phenoxy) is 2. The Morgan fingerprint density at radius 1 is 0.667 bits per heavy atom. The van der Waals surface area contributed by atoms with Gasteiger partial charge in [-0.05, 0) is 135 Å². The van der Waals surface area contributed by atoms with Gasteiger partial charge in [-0.15, -0.1) is 22.7 Å². The van der Waals surface area contributed by atoms with Crippen LogP contribution in [0.25, 0.3) is 0 Å². The summed E-state index contributed by atoms with van der Waals surface area (Å²) in [5, 5.41) is 30.4. The molecular formula is C52H56N6O8S2Si. The summed E-state index contributed by atoms with van der Waals surface area (Å²) in [5.74, 6) is -2.76. The van der Waals surface area contributed by atoms with Gasteiger partial charge in [0.25, 0.3) is 0 Å². The standard InChI is InChI=1S/C27H29N3O4S.C25H27N3O4SSi/c1-14-24-19(10-11-35-24)27(34-14)17-6-4-15(28)12-20(17)26(2,3)21-13-16(5-7-18(21)27)30-23(31)9-8-22(29)25(32)33;1-34(2)21-11-14(26)3-5-17(21)25(16-9-10-33-20(16)13-32-25)18-6-4-15(12-22(18)34)28-23(29)8-7-19(27)24(30)31/h4-7,10-14,22H,8-9,28-29H2,1-3H3,(H,30,31)(H,32,33);3-6,9-12,19H,7-8,13,26-27H2,1-2H3,(H,28,29)(H,30,31)/t14?,22-,27?;19-,25?/m00/s1. The first-order valence-corrected chi connectivity index (χ1v) is 27.6. The highest BCUT2D eigenvalue weighted by atomic mass is 32.1. The lowest BCUT2D eigenvalue weighted by Crippen LogP contribution is -2.63. The molecule has 4 aliphatic rings. The second kappa shape index (κ2) is 17.6. The van der Waals surface area contributed by atoms with Crippen molar-refractivity contribution in [1.29, 1.82) is 0 Å². The van der Waals surface area contributed by atoms with Crippen LogP contribution in [-0.4, -0.2) is 54.1 Å². The molecule has 2 aromatic heterocycles. The molecule has 3 unspecified atom stereocenters. The van der Waals surface area contributed by atoms with Crippen molar-refractivity contribution < 1.29 is 38.9 Å². The Morgan fingerprint density at radius 3 is 1.80 bits per heavy atom. The second-order valence-corrected chi connectivity index (χ2v) is 25.6. The number of fused-ring (bicyclic) bond motifs is 12. The number of nitrogens with one attached hydrogen (secondary N) is 2. The Hall–Kier alpha value is -6.18. The zero-order valence-corrected chi connectivity index (χ0v) is 41.6. The quantitative estimate of drug-likeness (QED) is 0.0515. The van der Waals surface area contributed by atoms with Crippen molar-refractivity contribution in [3.05, 3.63) is 150 Å². The summed E-state index contributed by atoms with van der Waals surface area (Å²) in [6.07, 6.45) is 0.158. The van der Waals surface area contributed by atoms with Gasteiger partial charge in [0.15, 0.2) is 0 Å². The molecule has 0 saturated carbocycles. The van der Waals surface area contributed by atoms with Crippen LogP contribution in [0.5, 0.6) is 0 Å². The lowest BCUT2D eigenvalue weighted by Gasteiger charge is -2.45. The molecule has 358 valence electrons. The Bertz CT molecular complexity index is 3080. The number of nitrogen functional groups attached to an aromatic ring is 2. The van der Waals surface area contributed by atoms with Crippen molar-refractivity contribution in [2.45, 2.75) is 101 Å². The highest BCUT2D eigenvalue weighted by Crippen LogP contribution is 2.60. The smallest absolute Gasteiger partial charge is 0.320 e. The van der Waals surface area contributed by atoms with Gasteiger partial charge in [-0.1, -0.05) is 51.2 Å². The van der Waals surface area contributed by atoms with Crippen molar-refractivity contribution >= 4 is 87.6 Å². The molecule has 3 aliphatic heterocycles. The van der Waals surface area contributed by atoms with Crippen molar-refractivity contribution in [2.24, 2.45) is 11.5 Å². The highest BCUT2D eigenvalue weighted by molar-refractivity contribution is 7.10. The fourth-order valence-electron chi connectivity index (χ4n) is 10.7. The molecule has 2 spiro atoms. The summed E-state index contributed by atoms with van der Waals surface area (Å²) in [4.78, 5) is 49.4. The largest absolute Gasteiger partial charge is 0.480 e. The van der Waals surface area contributed by atoms with Crippen LogP contribution in [0.4, 0.5) is 22.7 Å². The van der Waals surface area contributed by atoms with Gasteiger partial charge in [0, 0.05) is 61.9 Å². The van der Waals surface area contributed by atoms with Crippen LogP contribution >= 0.6 is 22.7 Å². The van der Waals surface area contributed by atoms with E-state index in [0.717, 1.165) is 44.6 Å². The van der Waals surface area contributed by atoms with Crippen LogP contribution in [0.15, 0.2) is 95.7 Å². The van der Waals surface area contributed by atoms with E-state index in [-0.39, 0.29) is 43.6 Å². The number of carbonyl (C=O) groups is 4. The first-order chi connectivity index (χ1) is 32.7. The molecule has 0 bridgehead atoms. The number of aliphatic carboxylic acids is 2. The third-order valence-corrected chi connectivity index (χ3v) is 19.7. The predicted molar refractivity (Wildman–Crippen MR) is 273 cm³/mol. The molecule has 5 heterocycles. The lowest BCUT2D eigenvalue weighted by molar-refractivity contribution is -0.139. The fourth-order valence-corrected chi connectivity index (χ4v) is 15.7. The Labute approximate surface area is 409 Å². The van der Waals surface area contributed by atoms with Crippen molar-refractivity contribution in [2.75, 3.05) is 22.1 Å². The number of hydrogen-bond acceptors (Lipinski definition) is 12. The third-order valence-electron chi connectivity index (χ3n) is 14.2. The number of carbonyl (C=O) groups excluding carboxylic acids is 2. The van der Waals surface area contributed by atoms with Gasteiger partial charge in [-0.25, -0.2) is 0 Å². The van der Waals surface area contributed by atoms with Crippen molar-refractivity contribution in [3.63, 3.8) is 0 Å². The zero-order chi connectivity index (χ0) is 49.4. The summed E-state index contributed by atoms with van der Waals surface area (Å²) in [5.41, 5.74) is 33.3. The molecule has 12 N–H and O–H groups in total. The molecule has 0 radical (unpaired) electrons. The molecular weight excluding hydrogens is 929 g/mol. The number of amides is 2. The number of anilines is 4. The van der Waals surface area contributed by atoms with Crippen LogP contribution in [0.2, 0.25) is 13.1 Å². The monoisotopic (exact) mass is 984 g/mol. The molecule has 1 aliphatic carbocycles. The maximum atomic E-state index is 12.5. The Balaban J connectivity index is 0.000000172. The Morgan fingerprint density at radius 2 is 1.17 bits per heavy atom. The molecule has 14 nitrogen and oxygen atoms in total. The van der Waals surface area contributed by atoms with E-state index in [9.17, 15) is 19.2 Å². The van der Waals surface area contributed by atoms with Crippen LogP contribution in [0.3, 0.4) is 0 Å². The van der Waals surface area contributed by atoms with Gasteiger partial charge in [-0.3, -0.25) is 19.2 Å². The number of hydrogen-bond donors (Lipinski definition) is 8. The molecule has 2 amide bonds. The zero-order valence-electron chi connectivity index (χ0n) is 39.0. The minimum absolute atomic E-state index is 0.0239. The van der Waals surface area contributed by atoms with Crippen LogP contribution in [0.1, 0.15) is 107 Å². The van der Waals surface area contributed by atoms with E-state index in [4.69, 9.17) is 42.6 Å². The maximum Gasteiger partial charge on any atom is 0.320 e. The minimum Gasteiger partial charge on any atom is -0.480 e. The van der Waals surface area contributed by atoms with E-state index in [1.807, 2.05) is 42.5 Å². The Kier molecular flexibility index (Phi) is 12.2. The molecule has 17 heteroatoms. The van der Waals surface area contributed by atoms with E-state index < -0.39 is 48.7 Å². The van der Waals surface area contributed by atoms with E-state index in [0.29, 0.717) is 23.7 Å². The first kappa shape index (κ1) is 47.9. The molecule has 0 saturated heterocycles. The molecule has 5 atom stereocenters. The van der Waals surface area contributed by atoms with Gasteiger partial charge < -0.3 is 53.3 Å². The molecule has 10 rings (SSSR count). The number of benzene rings is 4. The average Bonchev–Trinajstić information content (AvgIpc) is 4.12. The van der Waals surface area contributed by atoms with Crippen molar-refractivity contribution in [3.8, 4) is 0 Å². The van der Waals surface area contributed by atoms with E-state index in [1.165, 1.54) is 25.7 Å². The van der Waals surface area contributed by atoms with E-state index >= 15 is 0 Å². The molecule has 0 fully saturated rings. The topological polar surface area (TPSA) is 255 Å². The fraction of sp³-hybridized carbons (Fsp3) is 0.308. The number of rotatable bonds is 10. The third kappa shape index (κ3) is 7.95. The molecule has 69 heavy (non-hydrogen) atoms. The minimum atomic E-state index is -2.20. The first-order valence-electron chi connectivity index (χ1n) is 22.8. The number of carboxylic acid groups (broad SMARTS) is 2. The summed E-state index contributed by atoms with van der Waals surface area (Å²) in [6, 6.07) is 26.3. The number of carboxylic acids is 2.